The molecule has 0 radical (unpaired) electrons. The second kappa shape index (κ2) is 9.94. The molecule has 2 unspecified atom stereocenters. The maximum atomic E-state index is 13.7. The van der Waals surface area contributed by atoms with Crippen LogP contribution in [0.4, 0.5) is 20.2 Å². The molecule has 0 bridgehead atoms. The summed E-state index contributed by atoms with van der Waals surface area (Å²) >= 11 is 0. The van der Waals surface area contributed by atoms with Crippen LogP contribution in [0, 0.1) is 21.7 Å². The van der Waals surface area contributed by atoms with E-state index in [4.69, 9.17) is 10.2 Å². The Morgan fingerprint density at radius 2 is 1.92 bits per heavy atom. The molecule has 10 heteroatoms. The molecule has 2 aromatic carbocycles. The summed E-state index contributed by atoms with van der Waals surface area (Å²) in [6, 6.07) is 10.4. The van der Waals surface area contributed by atoms with Gasteiger partial charge >= 0.3 is 0 Å². The number of hydrogen-bond donors (Lipinski definition) is 2. The predicted octanol–water partition coefficient (Wildman–Crippen LogP) is 4.88. The molecular formula is C26H29F2N5O3. The van der Waals surface area contributed by atoms with Gasteiger partial charge in [-0.25, -0.2) is 13.8 Å². The van der Waals surface area contributed by atoms with E-state index >= 15 is 0 Å². The number of anilines is 1. The van der Waals surface area contributed by atoms with E-state index in [-0.39, 0.29) is 17.8 Å². The van der Waals surface area contributed by atoms with E-state index in [0.717, 1.165) is 63.0 Å². The summed E-state index contributed by atoms with van der Waals surface area (Å²) < 4.78 is 33.1. The van der Waals surface area contributed by atoms with Crippen LogP contribution in [-0.2, 0) is 5.54 Å². The molecule has 5 rings (SSSR count). The number of nitro groups is 1. The van der Waals surface area contributed by atoms with Gasteiger partial charge in [0.15, 0.2) is 17.4 Å². The number of hydrogen-bond acceptors (Lipinski definition) is 7. The van der Waals surface area contributed by atoms with Crippen molar-refractivity contribution < 1.29 is 18.1 Å². The number of nitro benzene ring substituents is 1. The number of benzene rings is 2. The van der Waals surface area contributed by atoms with Crippen molar-refractivity contribution in [3.8, 4) is 11.3 Å². The zero-order valence-electron chi connectivity index (χ0n) is 19.8. The van der Waals surface area contributed by atoms with Gasteiger partial charge in [0.25, 0.3) is 5.69 Å². The summed E-state index contributed by atoms with van der Waals surface area (Å²) in [7, 11) is 0. The highest BCUT2D eigenvalue weighted by molar-refractivity contribution is 5.56. The van der Waals surface area contributed by atoms with Crippen molar-refractivity contribution in [2.24, 2.45) is 5.73 Å². The number of aromatic nitrogens is 1. The molecule has 8 nitrogen and oxygen atoms in total. The van der Waals surface area contributed by atoms with Crippen LogP contribution in [0.25, 0.3) is 11.3 Å². The van der Waals surface area contributed by atoms with Crippen molar-refractivity contribution in [1.82, 2.24) is 10.3 Å². The molecule has 1 aliphatic heterocycles. The van der Waals surface area contributed by atoms with Crippen LogP contribution in [0.3, 0.4) is 0 Å². The molecule has 1 saturated heterocycles. The third-order valence-electron chi connectivity index (χ3n) is 7.35. The highest BCUT2D eigenvalue weighted by Gasteiger charge is 2.44. The van der Waals surface area contributed by atoms with E-state index < -0.39 is 22.1 Å². The van der Waals surface area contributed by atoms with E-state index in [9.17, 15) is 18.9 Å². The normalized spacial score (nSPS) is 24.6. The lowest BCUT2D eigenvalue weighted by molar-refractivity contribution is -0.384. The Bertz CT molecular complexity index is 1230. The van der Waals surface area contributed by atoms with Crippen LogP contribution in [0.2, 0.25) is 0 Å². The second-order valence-electron chi connectivity index (χ2n) is 9.72. The Labute approximate surface area is 207 Å². The SMILES string of the molecule is NC1(c2ncc(-c3ccc(F)c(F)c3)o2)CCCCC1N[C@H]1CCCN(c2ccc([N+](=O)[O-])cc2)C1. The zero-order valence-corrected chi connectivity index (χ0v) is 19.8. The molecule has 2 heterocycles. The van der Waals surface area contributed by atoms with Crippen molar-refractivity contribution in [2.45, 2.75) is 56.1 Å². The van der Waals surface area contributed by atoms with Gasteiger partial charge in [0.1, 0.15) is 5.54 Å². The minimum atomic E-state index is -0.944. The van der Waals surface area contributed by atoms with Crippen LogP contribution >= 0.6 is 0 Å². The molecule has 3 N–H and O–H groups in total. The van der Waals surface area contributed by atoms with Crippen LogP contribution in [-0.4, -0.2) is 35.1 Å². The van der Waals surface area contributed by atoms with Crippen LogP contribution in [0.1, 0.15) is 44.4 Å². The predicted molar refractivity (Wildman–Crippen MR) is 131 cm³/mol. The lowest BCUT2D eigenvalue weighted by atomic mass is 9.77. The van der Waals surface area contributed by atoms with Gasteiger partial charge in [-0.1, -0.05) is 12.8 Å². The average molecular weight is 498 g/mol. The van der Waals surface area contributed by atoms with Crippen molar-refractivity contribution in [2.75, 3.05) is 18.0 Å². The third-order valence-corrected chi connectivity index (χ3v) is 7.35. The number of non-ortho nitro benzene ring substituents is 1. The minimum absolute atomic E-state index is 0.0653. The number of rotatable bonds is 6. The van der Waals surface area contributed by atoms with E-state index in [2.05, 4.69) is 15.2 Å². The summed E-state index contributed by atoms with van der Waals surface area (Å²) in [5.74, 6) is -1.12. The summed E-state index contributed by atoms with van der Waals surface area (Å²) in [6.07, 6.45) is 7.02. The highest BCUT2D eigenvalue weighted by Crippen LogP contribution is 2.37. The van der Waals surface area contributed by atoms with Gasteiger partial charge in [0, 0.05) is 48.6 Å². The van der Waals surface area contributed by atoms with Crippen molar-refractivity contribution in [3.63, 3.8) is 0 Å². The number of halogens is 2. The van der Waals surface area contributed by atoms with Crippen LogP contribution < -0.4 is 16.0 Å². The fourth-order valence-corrected chi connectivity index (χ4v) is 5.38. The zero-order chi connectivity index (χ0) is 25.3. The van der Waals surface area contributed by atoms with Gasteiger partial charge in [-0.3, -0.25) is 10.1 Å². The smallest absolute Gasteiger partial charge is 0.269 e. The van der Waals surface area contributed by atoms with Gasteiger partial charge in [-0.2, -0.15) is 0 Å². The van der Waals surface area contributed by atoms with E-state index in [0.29, 0.717) is 23.6 Å². The number of nitrogens with zero attached hydrogens (tertiary/aromatic N) is 3. The molecule has 190 valence electrons. The topological polar surface area (TPSA) is 110 Å². The monoisotopic (exact) mass is 497 g/mol. The van der Waals surface area contributed by atoms with E-state index in [1.807, 2.05) is 0 Å². The lowest BCUT2D eigenvalue weighted by Gasteiger charge is -2.43. The van der Waals surface area contributed by atoms with E-state index in [1.54, 1.807) is 12.1 Å². The second-order valence-corrected chi connectivity index (χ2v) is 9.72. The Morgan fingerprint density at radius 3 is 2.67 bits per heavy atom. The number of nitrogens with one attached hydrogen (secondary N) is 1. The molecule has 36 heavy (non-hydrogen) atoms. The number of piperidine rings is 1. The maximum Gasteiger partial charge on any atom is 0.269 e. The van der Waals surface area contributed by atoms with Gasteiger partial charge in [0.2, 0.25) is 5.89 Å². The molecule has 3 atom stereocenters. The fourth-order valence-electron chi connectivity index (χ4n) is 5.38. The summed E-state index contributed by atoms with van der Waals surface area (Å²) in [5.41, 5.74) is 7.56. The molecule has 1 saturated carbocycles. The van der Waals surface area contributed by atoms with Gasteiger partial charge in [0.05, 0.1) is 11.1 Å². The molecule has 1 aliphatic carbocycles. The maximum absolute atomic E-state index is 13.7. The Hall–Kier alpha value is -3.37. The molecule has 0 spiro atoms. The average Bonchev–Trinajstić information content (AvgIpc) is 3.39. The quantitative estimate of drug-likeness (QED) is 0.369. The van der Waals surface area contributed by atoms with Crippen LogP contribution in [0.15, 0.2) is 53.1 Å². The Morgan fingerprint density at radius 1 is 1.11 bits per heavy atom. The number of oxazole rings is 1. The molecule has 1 aromatic heterocycles. The molecule has 0 amide bonds. The van der Waals surface area contributed by atoms with Crippen LogP contribution in [0.5, 0.6) is 0 Å². The van der Waals surface area contributed by atoms with Crippen molar-refractivity contribution in [1.29, 1.82) is 0 Å². The minimum Gasteiger partial charge on any atom is -0.439 e. The van der Waals surface area contributed by atoms with Crippen molar-refractivity contribution in [3.05, 3.63) is 76.3 Å². The molecular weight excluding hydrogens is 468 g/mol. The fraction of sp³-hybridized carbons (Fsp3) is 0.423. The number of nitrogens with two attached hydrogens (primary N) is 1. The Kier molecular flexibility index (Phi) is 6.72. The standard InChI is InChI=1S/C26H29F2N5O3/c27-21-11-6-17(14-22(21)28)23-15-30-25(36-23)26(29)12-2-1-5-24(26)31-18-4-3-13-32(16-18)19-7-9-20(10-8-19)33(34)35/h6-11,14-15,18,24,31H,1-5,12-13,16,29H2/t18-,24?,26?/m0/s1. The highest BCUT2D eigenvalue weighted by atomic mass is 19.2. The lowest BCUT2D eigenvalue weighted by Crippen LogP contribution is -2.61. The summed E-state index contributed by atoms with van der Waals surface area (Å²) in [5, 5.41) is 14.7. The van der Waals surface area contributed by atoms with Crippen molar-refractivity contribution >= 4 is 11.4 Å². The first kappa shape index (κ1) is 24.3. The Balaban J connectivity index is 1.31. The third kappa shape index (κ3) is 4.83. The van der Waals surface area contributed by atoms with Gasteiger partial charge < -0.3 is 20.4 Å². The molecule has 2 fully saturated rings. The first-order valence-electron chi connectivity index (χ1n) is 12.3. The summed E-state index contributed by atoms with van der Waals surface area (Å²) in [4.78, 5) is 17.3. The molecule has 3 aromatic rings. The molecule has 2 aliphatic rings. The van der Waals surface area contributed by atoms with E-state index in [1.165, 1.54) is 24.4 Å². The first-order valence-corrected chi connectivity index (χ1v) is 12.3. The summed E-state index contributed by atoms with van der Waals surface area (Å²) in [6.45, 7) is 1.64. The van der Waals surface area contributed by atoms with Gasteiger partial charge in [-0.15, -0.1) is 0 Å². The van der Waals surface area contributed by atoms with Gasteiger partial charge in [-0.05, 0) is 56.0 Å². The first-order chi connectivity index (χ1) is 17.3. The largest absolute Gasteiger partial charge is 0.439 e.